The van der Waals surface area contributed by atoms with Gasteiger partial charge in [-0.2, -0.15) is 0 Å². The van der Waals surface area contributed by atoms with E-state index in [0.29, 0.717) is 12.8 Å². The summed E-state index contributed by atoms with van der Waals surface area (Å²) in [6.07, 6.45) is 2.55. The average molecular weight is 302 g/mol. The summed E-state index contributed by atoms with van der Waals surface area (Å²) in [7, 11) is 0. The molecular weight excluding hydrogens is 280 g/mol. The summed E-state index contributed by atoms with van der Waals surface area (Å²) in [6.45, 7) is 1.97. The molecule has 0 saturated heterocycles. The molecule has 0 radical (unpaired) electrons. The Balaban J connectivity index is 2.14. The van der Waals surface area contributed by atoms with Gasteiger partial charge in [-0.1, -0.05) is 30.3 Å². The molecule has 0 aromatic heterocycles. The Morgan fingerprint density at radius 3 is 2.64 bits per heavy atom. The fraction of sp³-hybridized carbons (Fsp3) is 0.500. The lowest BCUT2D eigenvalue weighted by Crippen LogP contribution is -2.36. The third-order valence-corrected chi connectivity index (χ3v) is 4.10. The molecule has 0 bridgehead atoms. The largest absolute Gasteiger partial charge is 0.465 e. The minimum Gasteiger partial charge on any atom is -0.465 e. The Labute approximate surface area is 130 Å². The van der Waals surface area contributed by atoms with Crippen molar-refractivity contribution in [3.63, 3.8) is 0 Å². The van der Waals surface area contributed by atoms with Crippen LogP contribution in [0.1, 0.15) is 38.2 Å². The minimum absolute atomic E-state index is 0.137. The lowest BCUT2D eigenvalue weighted by atomic mass is 9.76. The van der Waals surface area contributed by atoms with E-state index in [4.69, 9.17) is 4.74 Å². The number of carbonyl (C=O) groups is 3. The van der Waals surface area contributed by atoms with E-state index < -0.39 is 11.9 Å². The van der Waals surface area contributed by atoms with Crippen LogP contribution in [-0.2, 0) is 25.5 Å². The van der Waals surface area contributed by atoms with Crippen LogP contribution in [-0.4, -0.2) is 24.1 Å². The van der Waals surface area contributed by atoms with Crippen molar-refractivity contribution in [3.8, 4) is 0 Å². The molecule has 4 nitrogen and oxygen atoms in total. The molecule has 22 heavy (non-hydrogen) atoms. The SMILES string of the molecule is CCOC(=O)C(C(=O)Cc1ccccc1)C1CCCC(=O)C1. The highest BCUT2D eigenvalue weighted by Crippen LogP contribution is 2.30. The van der Waals surface area contributed by atoms with Gasteiger partial charge in [0.2, 0.25) is 0 Å². The molecule has 1 saturated carbocycles. The zero-order chi connectivity index (χ0) is 15.9. The van der Waals surface area contributed by atoms with Crippen LogP contribution in [0.4, 0.5) is 0 Å². The number of benzene rings is 1. The number of hydrogen-bond acceptors (Lipinski definition) is 4. The molecule has 4 heteroatoms. The number of carbonyl (C=O) groups excluding carboxylic acids is 3. The van der Waals surface area contributed by atoms with Gasteiger partial charge in [0, 0.05) is 19.3 Å². The maximum absolute atomic E-state index is 12.6. The molecule has 2 atom stereocenters. The first-order valence-corrected chi connectivity index (χ1v) is 7.86. The Hall–Kier alpha value is -1.97. The highest BCUT2D eigenvalue weighted by molar-refractivity contribution is 6.00. The Bertz CT molecular complexity index is 535. The van der Waals surface area contributed by atoms with Crippen molar-refractivity contribution in [1.29, 1.82) is 0 Å². The van der Waals surface area contributed by atoms with Crippen molar-refractivity contribution in [2.24, 2.45) is 11.8 Å². The van der Waals surface area contributed by atoms with Gasteiger partial charge < -0.3 is 4.74 Å². The molecule has 0 N–H and O–H groups in total. The second-order valence-electron chi connectivity index (χ2n) is 5.75. The van der Waals surface area contributed by atoms with E-state index in [1.165, 1.54) is 0 Å². The summed E-state index contributed by atoms with van der Waals surface area (Å²) in [5.41, 5.74) is 0.879. The van der Waals surface area contributed by atoms with Gasteiger partial charge in [-0.15, -0.1) is 0 Å². The zero-order valence-corrected chi connectivity index (χ0v) is 12.9. The van der Waals surface area contributed by atoms with Gasteiger partial charge in [0.1, 0.15) is 11.7 Å². The van der Waals surface area contributed by atoms with Gasteiger partial charge in [0.15, 0.2) is 5.78 Å². The van der Waals surface area contributed by atoms with Crippen molar-refractivity contribution >= 4 is 17.5 Å². The second-order valence-corrected chi connectivity index (χ2v) is 5.75. The molecule has 1 aliphatic carbocycles. The summed E-state index contributed by atoms with van der Waals surface area (Å²) < 4.78 is 5.08. The molecule has 0 spiro atoms. The van der Waals surface area contributed by atoms with Gasteiger partial charge >= 0.3 is 5.97 Å². The maximum atomic E-state index is 12.6. The third-order valence-electron chi connectivity index (χ3n) is 4.10. The van der Waals surface area contributed by atoms with E-state index in [2.05, 4.69) is 0 Å². The van der Waals surface area contributed by atoms with Gasteiger partial charge in [0.05, 0.1) is 6.61 Å². The minimum atomic E-state index is -0.815. The van der Waals surface area contributed by atoms with Crippen LogP contribution in [0.2, 0.25) is 0 Å². The number of ether oxygens (including phenoxy) is 1. The molecule has 2 rings (SSSR count). The quantitative estimate of drug-likeness (QED) is 0.599. The van der Waals surface area contributed by atoms with Crippen LogP contribution in [0.25, 0.3) is 0 Å². The predicted molar refractivity (Wildman–Crippen MR) is 82.2 cm³/mol. The molecule has 0 amide bonds. The Morgan fingerprint density at radius 2 is 2.00 bits per heavy atom. The van der Waals surface area contributed by atoms with Crippen LogP contribution in [0.15, 0.2) is 30.3 Å². The molecule has 2 unspecified atom stereocenters. The fourth-order valence-electron chi connectivity index (χ4n) is 3.07. The molecule has 0 heterocycles. The fourth-order valence-corrected chi connectivity index (χ4v) is 3.07. The second kappa shape index (κ2) is 7.87. The summed E-state index contributed by atoms with van der Waals surface area (Å²) >= 11 is 0. The number of esters is 1. The van der Waals surface area contributed by atoms with Crippen molar-refractivity contribution in [3.05, 3.63) is 35.9 Å². The molecule has 1 aromatic carbocycles. The summed E-state index contributed by atoms with van der Waals surface area (Å²) in [5.74, 6) is -1.52. The summed E-state index contributed by atoms with van der Waals surface area (Å²) in [5, 5.41) is 0. The van der Waals surface area contributed by atoms with Gasteiger partial charge in [-0.25, -0.2) is 0 Å². The third kappa shape index (κ3) is 4.26. The smallest absolute Gasteiger partial charge is 0.316 e. The summed E-state index contributed by atoms with van der Waals surface area (Å²) in [6, 6.07) is 9.35. The topological polar surface area (TPSA) is 60.4 Å². The van der Waals surface area contributed by atoms with Gasteiger partial charge in [0.25, 0.3) is 0 Å². The van der Waals surface area contributed by atoms with Crippen molar-refractivity contribution in [2.75, 3.05) is 6.61 Å². The van der Waals surface area contributed by atoms with Crippen LogP contribution in [0, 0.1) is 11.8 Å². The molecule has 1 fully saturated rings. The zero-order valence-electron chi connectivity index (χ0n) is 12.9. The number of Topliss-reactive ketones (excluding diaryl/α,β-unsaturated/α-hetero) is 2. The maximum Gasteiger partial charge on any atom is 0.316 e. The average Bonchev–Trinajstić information content (AvgIpc) is 2.49. The molecule has 0 aliphatic heterocycles. The standard InChI is InChI=1S/C18H22O4/c1-2-22-18(21)17(14-9-6-10-15(19)12-14)16(20)11-13-7-4-3-5-8-13/h3-5,7-8,14,17H,2,6,9-12H2,1H3. The molecule has 118 valence electrons. The van der Waals surface area contributed by atoms with E-state index in [-0.39, 0.29) is 30.5 Å². The first-order chi connectivity index (χ1) is 10.6. The summed E-state index contributed by atoms with van der Waals surface area (Å²) in [4.78, 5) is 36.5. The lowest BCUT2D eigenvalue weighted by molar-refractivity contribution is -0.154. The highest BCUT2D eigenvalue weighted by atomic mass is 16.5. The number of hydrogen-bond donors (Lipinski definition) is 0. The van der Waals surface area contributed by atoms with Crippen LogP contribution in [0.3, 0.4) is 0 Å². The van der Waals surface area contributed by atoms with Crippen molar-refractivity contribution in [1.82, 2.24) is 0 Å². The van der Waals surface area contributed by atoms with E-state index in [9.17, 15) is 14.4 Å². The number of ketones is 2. The molecular formula is C18H22O4. The van der Waals surface area contributed by atoms with Crippen molar-refractivity contribution < 1.29 is 19.1 Å². The van der Waals surface area contributed by atoms with E-state index in [0.717, 1.165) is 18.4 Å². The van der Waals surface area contributed by atoms with Crippen LogP contribution < -0.4 is 0 Å². The monoisotopic (exact) mass is 302 g/mol. The predicted octanol–water partition coefficient (Wildman–Crippen LogP) is 2.74. The molecule has 1 aliphatic rings. The van der Waals surface area contributed by atoms with Crippen molar-refractivity contribution in [2.45, 2.75) is 39.0 Å². The van der Waals surface area contributed by atoms with Gasteiger partial charge in [-0.3, -0.25) is 14.4 Å². The van der Waals surface area contributed by atoms with E-state index in [1.807, 2.05) is 30.3 Å². The normalized spacial score (nSPS) is 19.5. The molecule has 1 aromatic rings. The van der Waals surface area contributed by atoms with Crippen LogP contribution >= 0.6 is 0 Å². The first-order valence-electron chi connectivity index (χ1n) is 7.86. The van der Waals surface area contributed by atoms with Crippen LogP contribution in [0.5, 0.6) is 0 Å². The van der Waals surface area contributed by atoms with E-state index in [1.54, 1.807) is 6.92 Å². The highest BCUT2D eigenvalue weighted by Gasteiger charge is 2.38. The first kappa shape index (κ1) is 16.4. The Kier molecular flexibility index (Phi) is 5.87. The lowest BCUT2D eigenvalue weighted by Gasteiger charge is -2.27. The Morgan fingerprint density at radius 1 is 1.27 bits per heavy atom. The number of rotatable bonds is 6. The van der Waals surface area contributed by atoms with Gasteiger partial charge in [-0.05, 0) is 31.2 Å². The van der Waals surface area contributed by atoms with E-state index >= 15 is 0 Å².